The van der Waals surface area contributed by atoms with Gasteiger partial charge in [-0.05, 0) is 108 Å². The van der Waals surface area contributed by atoms with Gasteiger partial charge in [0.1, 0.15) is 0 Å². The fourth-order valence-corrected chi connectivity index (χ4v) is 10.9. The van der Waals surface area contributed by atoms with Gasteiger partial charge in [-0.1, -0.05) is 97.1 Å². The Morgan fingerprint density at radius 2 is 1.00 bits per heavy atom. The lowest BCUT2D eigenvalue weighted by Gasteiger charge is -2.34. The molecule has 0 amide bonds. The van der Waals surface area contributed by atoms with Crippen LogP contribution in [0.5, 0.6) is 0 Å². The maximum Gasteiger partial charge on any atom is 0.1000 e. The Labute approximate surface area is 331 Å². The SMILES string of the molecule is CC1(C)CSC(c2ccc(-c3ccc4c(c3)C(c3ccccc3)(c3ccccc3)c3cc(-c5ccc(C6=NC(C)(C)CS6)cn5)c5ccccc5c3-4)nc2)=N1. The molecule has 0 saturated carbocycles. The first kappa shape index (κ1) is 34.2. The van der Waals surface area contributed by atoms with Crippen LogP contribution in [-0.4, -0.2) is 42.6 Å². The van der Waals surface area contributed by atoms with Crippen molar-refractivity contribution in [3.05, 3.63) is 179 Å². The van der Waals surface area contributed by atoms with Crippen LogP contribution < -0.4 is 0 Å². The highest BCUT2D eigenvalue weighted by atomic mass is 32.2. The highest BCUT2D eigenvalue weighted by molar-refractivity contribution is 8.15. The van der Waals surface area contributed by atoms with Crippen molar-refractivity contribution in [2.45, 2.75) is 44.2 Å². The molecule has 0 radical (unpaired) electrons. The molecule has 0 atom stereocenters. The van der Waals surface area contributed by atoms with Crippen LogP contribution in [0.15, 0.2) is 156 Å². The van der Waals surface area contributed by atoms with Crippen molar-refractivity contribution >= 4 is 44.4 Å². The van der Waals surface area contributed by atoms with Crippen molar-refractivity contribution in [3.8, 4) is 33.6 Å². The third-order valence-corrected chi connectivity index (χ3v) is 14.0. The number of fused-ring (bicyclic) bond motifs is 5. The minimum Gasteiger partial charge on any atom is -0.271 e. The summed E-state index contributed by atoms with van der Waals surface area (Å²) in [6.45, 7) is 8.76. The minimum atomic E-state index is -0.594. The van der Waals surface area contributed by atoms with Crippen LogP contribution in [0, 0.1) is 0 Å². The molecule has 0 saturated heterocycles. The summed E-state index contributed by atoms with van der Waals surface area (Å²) in [4.78, 5) is 20.1. The summed E-state index contributed by atoms with van der Waals surface area (Å²) in [5, 5.41) is 4.56. The number of hydrogen-bond donors (Lipinski definition) is 0. The van der Waals surface area contributed by atoms with Crippen LogP contribution >= 0.6 is 23.5 Å². The van der Waals surface area contributed by atoms with E-state index in [4.69, 9.17) is 20.0 Å². The Hall–Kier alpha value is -5.30. The van der Waals surface area contributed by atoms with E-state index >= 15 is 0 Å². The zero-order valence-corrected chi connectivity index (χ0v) is 33.0. The highest BCUT2D eigenvalue weighted by Crippen LogP contribution is 2.59. The van der Waals surface area contributed by atoms with E-state index in [0.29, 0.717) is 0 Å². The van der Waals surface area contributed by atoms with Crippen LogP contribution in [0.25, 0.3) is 44.4 Å². The zero-order valence-electron chi connectivity index (χ0n) is 31.4. The number of nitrogens with zero attached hydrogens (tertiary/aromatic N) is 4. The molecule has 7 aromatic rings. The van der Waals surface area contributed by atoms with Gasteiger partial charge in [-0.25, -0.2) is 0 Å². The summed E-state index contributed by atoms with van der Waals surface area (Å²) in [6, 6.07) is 49.0. The number of benzene rings is 5. The van der Waals surface area contributed by atoms with Gasteiger partial charge in [-0.2, -0.15) is 0 Å². The molecule has 0 N–H and O–H groups in total. The number of hydrogen-bond acceptors (Lipinski definition) is 6. The maximum atomic E-state index is 5.14. The number of pyridine rings is 2. The van der Waals surface area contributed by atoms with Crippen molar-refractivity contribution in [2.75, 3.05) is 11.5 Å². The third kappa shape index (κ3) is 5.68. The Kier molecular flexibility index (Phi) is 8.02. The van der Waals surface area contributed by atoms with Crippen molar-refractivity contribution in [3.63, 3.8) is 0 Å². The van der Waals surface area contributed by atoms with Crippen molar-refractivity contribution < 1.29 is 0 Å². The number of aromatic nitrogens is 2. The number of aliphatic imine (C=N–C) groups is 2. The molecule has 1 aliphatic carbocycles. The van der Waals surface area contributed by atoms with E-state index in [1.54, 1.807) is 0 Å². The van der Waals surface area contributed by atoms with Gasteiger partial charge in [0.2, 0.25) is 0 Å². The lowest BCUT2D eigenvalue weighted by atomic mass is 9.67. The quantitative estimate of drug-likeness (QED) is 0.170. The topological polar surface area (TPSA) is 50.5 Å². The summed E-state index contributed by atoms with van der Waals surface area (Å²) in [5.41, 5.74) is 13.1. The van der Waals surface area contributed by atoms with E-state index in [-0.39, 0.29) is 11.1 Å². The lowest BCUT2D eigenvalue weighted by Crippen LogP contribution is -2.28. The molecular weight excluding hydrogens is 709 g/mol. The van der Waals surface area contributed by atoms with Crippen LogP contribution in [-0.2, 0) is 5.41 Å². The van der Waals surface area contributed by atoms with Crippen LogP contribution in [0.2, 0.25) is 0 Å². The van der Waals surface area contributed by atoms with E-state index < -0.39 is 5.41 Å². The van der Waals surface area contributed by atoms with Gasteiger partial charge in [0, 0.05) is 46.2 Å². The minimum absolute atomic E-state index is 0.0449. The molecule has 6 heteroatoms. The zero-order chi connectivity index (χ0) is 37.4. The molecule has 268 valence electrons. The van der Waals surface area contributed by atoms with Gasteiger partial charge < -0.3 is 0 Å². The molecule has 55 heavy (non-hydrogen) atoms. The fourth-order valence-electron chi connectivity index (χ4n) is 8.55. The van der Waals surface area contributed by atoms with Crippen LogP contribution in [0.3, 0.4) is 0 Å². The van der Waals surface area contributed by atoms with E-state index in [1.807, 2.05) is 35.9 Å². The third-order valence-electron chi connectivity index (χ3n) is 11.1. The van der Waals surface area contributed by atoms with Gasteiger partial charge in [0.15, 0.2) is 0 Å². The average molecular weight is 749 g/mol. The Balaban J connectivity index is 1.20. The first-order valence-corrected chi connectivity index (χ1v) is 20.9. The summed E-state index contributed by atoms with van der Waals surface area (Å²) < 4.78 is 0. The number of thioether (sulfide) groups is 2. The second-order valence-corrected chi connectivity index (χ2v) is 18.0. The molecule has 5 aromatic carbocycles. The molecule has 0 fully saturated rings. The largest absolute Gasteiger partial charge is 0.271 e. The summed E-state index contributed by atoms with van der Waals surface area (Å²) in [6.07, 6.45) is 3.99. The predicted octanol–water partition coefficient (Wildman–Crippen LogP) is 11.9. The van der Waals surface area contributed by atoms with E-state index in [2.05, 4.69) is 161 Å². The Morgan fingerprint density at radius 1 is 0.473 bits per heavy atom. The monoisotopic (exact) mass is 748 g/mol. The summed E-state index contributed by atoms with van der Waals surface area (Å²) in [5.74, 6) is 1.97. The Morgan fingerprint density at radius 3 is 1.53 bits per heavy atom. The van der Waals surface area contributed by atoms with Crippen LogP contribution in [0.4, 0.5) is 0 Å². The summed E-state index contributed by atoms with van der Waals surface area (Å²) >= 11 is 3.63. The summed E-state index contributed by atoms with van der Waals surface area (Å²) in [7, 11) is 0. The van der Waals surface area contributed by atoms with Crippen molar-refractivity contribution in [1.29, 1.82) is 0 Å². The maximum absolute atomic E-state index is 5.14. The van der Waals surface area contributed by atoms with Gasteiger partial charge in [-0.3, -0.25) is 20.0 Å². The van der Waals surface area contributed by atoms with Crippen molar-refractivity contribution in [2.24, 2.45) is 9.98 Å². The molecule has 10 rings (SSSR count). The average Bonchev–Trinajstić information content (AvgIpc) is 3.88. The van der Waals surface area contributed by atoms with Crippen LogP contribution in [0.1, 0.15) is 61.1 Å². The first-order valence-electron chi connectivity index (χ1n) is 18.9. The molecule has 4 heterocycles. The number of rotatable bonds is 6. The van der Waals surface area contributed by atoms with Gasteiger partial charge in [0.25, 0.3) is 0 Å². The van der Waals surface area contributed by atoms with E-state index in [0.717, 1.165) is 55.2 Å². The molecule has 4 nitrogen and oxygen atoms in total. The smallest absolute Gasteiger partial charge is 0.1000 e. The predicted molar refractivity (Wildman–Crippen MR) is 234 cm³/mol. The molecule has 0 unspecified atom stereocenters. The Bertz CT molecular complexity index is 2640. The second kappa shape index (κ2) is 12.9. The first-order chi connectivity index (χ1) is 26.7. The van der Waals surface area contributed by atoms with Gasteiger partial charge >= 0.3 is 0 Å². The lowest BCUT2D eigenvalue weighted by molar-refractivity contribution is 0.605. The fraction of sp³-hybridized carbons (Fsp3) is 0.184. The van der Waals surface area contributed by atoms with Gasteiger partial charge in [-0.15, -0.1) is 23.5 Å². The second-order valence-electron chi connectivity index (χ2n) is 16.0. The normalized spacial score (nSPS) is 17.5. The molecule has 2 aliphatic heterocycles. The van der Waals surface area contributed by atoms with Gasteiger partial charge in [0.05, 0.1) is 38.0 Å². The standard InChI is InChI=1S/C49H40N4S2/c1-47(2)29-54-45(52-47)32-20-23-42(50-27-32)31-19-22-38-40(25-31)49(34-13-7-5-8-14-34,35-15-9-6-10-16-35)41-26-39(36-17-11-12-18-37(36)44(38)41)43-24-21-33(28-51-43)46-53-48(3,4)30-55-46/h5-28H,29-30H2,1-4H3. The van der Waals surface area contributed by atoms with E-state index in [1.165, 1.54) is 44.2 Å². The molecule has 2 aromatic heterocycles. The molecule has 3 aliphatic rings. The molecule has 0 spiro atoms. The van der Waals surface area contributed by atoms with E-state index in [9.17, 15) is 0 Å². The van der Waals surface area contributed by atoms with Crippen molar-refractivity contribution in [1.82, 2.24) is 9.97 Å². The highest BCUT2D eigenvalue weighted by Gasteiger charge is 2.47. The molecule has 0 bridgehead atoms. The molecular formula is C49H40N4S2.